The van der Waals surface area contributed by atoms with E-state index in [1.165, 1.54) is 24.2 Å². The number of aryl methyl sites for hydroxylation is 1. The van der Waals surface area contributed by atoms with Gasteiger partial charge in [-0.15, -0.1) is 0 Å². The molecule has 2 aromatic heterocycles. The highest BCUT2D eigenvalue weighted by Crippen LogP contribution is 2.25. The van der Waals surface area contributed by atoms with Gasteiger partial charge >= 0.3 is 0 Å². The van der Waals surface area contributed by atoms with Crippen LogP contribution in [0.15, 0.2) is 47.2 Å². The summed E-state index contributed by atoms with van der Waals surface area (Å²) in [6.45, 7) is 4.01. The van der Waals surface area contributed by atoms with Crippen LogP contribution in [0.5, 0.6) is 0 Å². The number of hydrogen-bond acceptors (Lipinski definition) is 5. The molecular formula is C19H23N5O. The predicted octanol–water partition coefficient (Wildman–Crippen LogP) is 3.09. The number of hydrogen-bond donors (Lipinski definition) is 1. The van der Waals surface area contributed by atoms with Crippen LogP contribution >= 0.6 is 0 Å². The van der Waals surface area contributed by atoms with Crippen LogP contribution < -0.4 is 5.32 Å². The molecular weight excluding hydrogens is 314 g/mol. The van der Waals surface area contributed by atoms with Crippen molar-refractivity contribution >= 4 is 0 Å². The number of aromatic nitrogens is 4. The summed E-state index contributed by atoms with van der Waals surface area (Å²) in [6.07, 6.45) is 7.02. The Bertz CT molecular complexity index is 810. The van der Waals surface area contributed by atoms with Gasteiger partial charge in [-0.2, -0.15) is 4.98 Å². The van der Waals surface area contributed by atoms with Gasteiger partial charge in [0.25, 0.3) is 0 Å². The smallest absolute Gasteiger partial charge is 0.243 e. The van der Waals surface area contributed by atoms with E-state index in [4.69, 9.17) is 4.52 Å². The van der Waals surface area contributed by atoms with Crippen molar-refractivity contribution in [1.82, 2.24) is 25.0 Å². The fourth-order valence-electron chi connectivity index (χ4n) is 3.40. The number of rotatable bonds is 6. The third-order valence-corrected chi connectivity index (χ3v) is 4.79. The van der Waals surface area contributed by atoms with E-state index in [0.29, 0.717) is 18.2 Å². The van der Waals surface area contributed by atoms with E-state index in [2.05, 4.69) is 50.3 Å². The Morgan fingerprint density at radius 3 is 3.08 bits per heavy atom. The molecule has 0 fully saturated rings. The molecule has 0 aliphatic carbocycles. The van der Waals surface area contributed by atoms with Crippen LogP contribution in [-0.2, 0) is 13.0 Å². The van der Waals surface area contributed by atoms with Crippen LogP contribution in [0.4, 0.5) is 0 Å². The Morgan fingerprint density at radius 1 is 1.32 bits per heavy atom. The summed E-state index contributed by atoms with van der Waals surface area (Å²) in [6, 6.07) is 10.2. The summed E-state index contributed by atoms with van der Waals surface area (Å²) >= 11 is 0. The Labute approximate surface area is 147 Å². The maximum absolute atomic E-state index is 5.45. The van der Waals surface area contributed by atoms with E-state index in [0.717, 1.165) is 18.9 Å². The summed E-state index contributed by atoms with van der Waals surface area (Å²) < 4.78 is 7.70. The molecule has 4 rings (SSSR count). The summed E-state index contributed by atoms with van der Waals surface area (Å²) in [5.41, 5.74) is 1.18. The van der Waals surface area contributed by atoms with E-state index in [9.17, 15) is 0 Å². The van der Waals surface area contributed by atoms with Gasteiger partial charge < -0.3 is 14.4 Å². The van der Waals surface area contributed by atoms with Crippen LogP contribution in [0, 0.1) is 0 Å². The fourth-order valence-corrected chi connectivity index (χ4v) is 3.40. The largest absolute Gasteiger partial charge is 0.338 e. The molecule has 0 spiro atoms. The Kier molecular flexibility index (Phi) is 4.61. The number of fused-ring (bicyclic) bond motifs is 1. The monoisotopic (exact) mass is 337 g/mol. The second-order valence-electron chi connectivity index (χ2n) is 6.66. The first kappa shape index (κ1) is 16.0. The molecule has 6 nitrogen and oxygen atoms in total. The minimum absolute atomic E-state index is 0.0300. The molecule has 0 bridgehead atoms. The molecule has 2 unspecified atom stereocenters. The van der Waals surface area contributed by atoms with Crippen LogP contribution in [0.2, 0.25) is 0 Å². The van der Waals surface area contributed by atoms with E-state index in [1.807, 2.05) is 24.4 Å². The minimum Gasteiger partial charge on any atom is -0.338 e. The van der Waals surface area contributed by atoms with Crippen LogP contribution in [0.3, 0.4) is 0 Å². The van der Waals surface area contributed by atoms with Crippen molar-refractivity contribution in [2.75, 3.05) is 6.54 Å². The Morgan fingerprint density at radius 2 is 2.20 bits per heavy atom. The zero-order chi connectivity index (χ0) is 17.1. The minimum atomic E-state index is 0.0300. The lowest BCUT2D eigenvalue weighted by molar-refractivity contribution is 0.326. The van der Waals surface area contributed by atoms with Gasteiger partial charge in [-0.3, -0.25) is 0 Å². The first-order valence-electron chi connectivity index (χ1n) is 8.90. The van der Waals surface area contributed by atoms with E-state index in [1.54, 1.807) is 0 Å². The van der Waals surface area contributed by atoms with Gasteiger partial charge in [-0.25, -0.2) is 4.98 Å². The lowest BCUT2D eigenvalue weighted by Gasteiger charge is -2.24. The number of imidazole rings is 1. The summed E-state index contributed by atoms with van der Waals surface area (Å²) in [5, 5.41) is 7.64. The maximum Gasteiger partial charge on any atom is 0.243 e. The zero-order valence-electron chi connectivity index (χ0n) is 14.4. The van der Waals surface area contributed by atoms with Crippen molar-refractivity contribution in [3.8, 4) is 0 Å². The molecule has 0 radical (unpaired) electrons. The topological polar surface area (TPSA) is 68.8 Å². The predicted molar refractivity (Wildman–Crippen MR) is 94.2 cm³/mol. The van der Waals surface area contributed by atoms with E-state index in [-0.39, 0.29) is 6.04 Å². The van der Waals surface area contributed by atoms with E-state index < -0.39 is 0 Å². The van der Waals surface area contributed by atoms with Crippen molar-refractivity contribution in [2.45, 2.75) is 44.7 Å². The summed E-state index contributed by atoms with van der Waals surface area (Å²) in [5.74, 6) is 2.99. The van der Waals surface area contributed by atoms with Gasteiger partial charge in [0.2, 0.25) is 5.89 Å². The maximum atomic E-state index is 5.45. The third kappa shape index (κ3) is 3.64. The average Bonchev–Trinajstić information content (AvgIpc) is 3.30. The van der Waals surface area contributed by atoms with Crippen molar-refractivity contribution in [3.63, 3.8) is 0 Å². The van der Waals surface area contributed by atoms with Gasteiger partial charge in [-0.1, -0.05) is 35.5 Å². The summed E-state index contributed by atoms with van der Waals surface area (Å²) in [7, 11) is 0. The zero-order valence-corrected chi connectivity index (χ0v) is 14.4. The second-order valence-corrected chi connectivity index (χ2v) is 6.66. The molecule has 3 heterocycles. The van der Waals surface area contributed by atoms with Crippen LogP contribution in [0.1, 0.15) is 54.8 Å². The van der Waals surface area contributed by atoms with Crippen molar-refractivity contribution in [3.05, 3.63) is 65.8 Å². The van der Waals surface area contributed by atoms with Crippen LogP contribution in [0.25, 0.3) is 0 Å². The SMILES string of the molecule is CC(NCC1CCCn2ccnc21)c1nc(Cc2ccccc2)no1. The van der Waals surface area contributed by atoms with Gasteiger partial charge in [-0.05, 0) is 25.3 Å². The van der Waals surface area contributed by atoms with Crippen molar-refractivity contribution in [2.24, 2.45) is 0 Å². The Balaban J connectivity index is 1.35. The average molecular weight is 337 g/mol. The first-order chi connectivity index (χ1) is 12.3. The molecule has 0 saturated carbocycles. The van der Waals surface area contributed by atoms with Gasteiger partial charge in [0, 0.05) is 37.8 Å². The molecule has 0 amide bonds. The molecule has 2 atom stereocenters. The normalized spacial score (nSPS) is 18.0. The number of nitrogens with one attached hydrogen (secondary N) is 1. The summed E-state index contributed by atoms with van der Waals surface area (Å²) in [4.78, 5) is 9.05. The van der Waals surface area contributed by atoms with Gasteiger partial charge in [0.05, 0.1) is 6.04 Å². The molecule has 3 aromatic rings. The molecule has 1 aliphatic rings. The highest BCUT2D eigenvalue weighted by molar-refractivity contribution is 5.18. The fraction of sp³-hybridized carbons (Fsp3) is 0.421. The number of nitrogens with zero attached hydrogens (tertiary/aromatic N) is 4. The first-order valence-corrected chi connectivity index (χ1v) is 8.90. The third-order valence-electron chi connectivity index (χ3n) is 4.79. The molecule has 1 aromatic carbocycles. The highest BCUT2D eigenvalue weighted by Gasteiger charge is 2.23. The standard InChI is InChI=1S/C19H23N5O/c1-14(21-13-16-8-5-10-24-11-9-20-18(16)24)19-22-17(23-25-19)12-15-6-3-2-4-7-15/h2-4,6-7,9,11,14,16,21H,5,8,10,12-13H2,1H3. The molecule has 130 valence electrons. The molecule has 0 saturated heterocycles. The lowest BCUT2D eigenvalue weighted by Crippen LogP contribution is -2.28. The van der Waals surface area contributed by atoms with Gasteiger partial charge in [0.15, 0.2) is 5.82 Å². The molecule has 1 N–H and O–H groups in total. The molecule has 6 heteroatoms. The second kappa shape index (κ2) is 7.19. The molecule has 1 aliphatic heterocycles. The quantitative estimate of drug-likeness (QED) is 0.748. The Hall–Kier alpha value is -2.47. The van der Waals surface area contributed by atoms with Crippen molar-refractivity contribution < 1.29 is 4.52 Å². The van der Waals surface area contributed by atoms with Gasteiger partial charge in [0.1, 0.15) is 5.82 Å². The lowest BCUT2D eigenvalue weighted by atomic mass is 9.98. The number of benzene rings is 1. The van der Waals surface area contributed by atoms with Crippen molar-refractivity contribution in [1.29, 1.82) is 0 Å². The highest BCUT2D eigenvalue weighted by atomic mass is 16.5. The van der Waals surface area contributed by atoms with E-state index >= 15 is 0 Å². The van der Waals surface area contributed by atoms with Crippen LogP contribution in [-0.4, -0.2) is 26.2 Å². The molecule has 25 heavy (non-hydrogen) atoms.